The van der Waals surface area contributed by atoms with Gasteiger partial charge in [-0.25, -0.2) is 9.59 Å². The third-order valence-electron chi connectivity index (χ3n) is 4.92. The van der Waals surface area contributed by atoms with Crippen LogP contribution in [-0.2, 0) is 21.6 Å². The lowest BCUT2D eigenvalue weighted by Crippen LogP contribution is -2.44. The second-order valence-corrected chi connectivity index (χ2v) is 11.3. The third-order valence-corrected chi connectivity index (χ3v) is 4.92. The SMILES string of the molecule is CCN=C(NC(=O)OC(C)(C)C)Nc1cccc(C(C)(C)NC(=O)OC(C)(C)C)c1OCc1ccccc1. The number of anilines is 1. The van der Waals surface area contributed by atoms with Crippen LogP contribution in [-0.4, -0.2) is 35.9 Å². The molecule has 2 rings (SSSR count). The minimum atomic E-state index is -0.868. The second kappa shape index (κ2) is 12.7. The molecule has 0 spiro atoms. The normalized spacial score (nSPS) is 12.4. The molecule has 0 saturated carbocycles. The summed E-state index contributed by atoms with van der Waals surface area (Å²) in [6.07, 6.45) is -1.18. The second-order valence-electron chi connectivity index (χ2n) is 11.3. The van der Waals surface area contributed by atoms with E-state index in [2.05, 4.69) is 20.9 Å². The lowest BCUT2D eigenvalue weighted by atomic mass is 9.92. The number of carbonyl (C=O) groups excluding carboxylic acids is 2. The molecule has 0 radical (unpaired) electrons. The number of amides is 2. The number of nitrogens with one attached hydrogen (secondary N) is 3. The minimum absolute atomic E-state index is 0.210. The van der Waals surface area contributed by atoms with Crippen molar-refractivity contribution < 1.29 is 23.8 Å². The van der Waals surface area contributed by atoms with Crippen molar-refractivity contribution in [3.05, 3.63) is 59.7 Å². The molecular weight excluding hydrogens is 484 g/mol. The van der Waals surface area contributed by atoms with Crippen LogP contribution in [0.3, 0.4) is 0 Å². The number of benzene rings is 2. The van der Waals surface area contributed by atoms with Gasteiger partial charge in [-0.3, -0.25) is 10.3 Å². The summed E-state index contributed by atoms with van der Waals surface area (Å²) in [4.78, 5) is 29.5. The lowest BCUT2D eigenvalue weighted by molar-refractivity contribution is 0.0467. The molecule has 3 N–H and O–H groups in total. The largest absolute Gasteiger partial charge is 0.486 e. The first-order valence-corrected chi connectivity index (χ1v) is 12.7. The molecule has 0 heterocycles. The van der Waals surface area contributed by atoms with Crippen LogP contribution in [0.25, 0.3) is 0 Å². The highest BCUT2D eigenvalue weighted by Crippen LogP contribution is 2.37. The summed E-state index contributed by atoms with van der Waals surface area (Å²) in [5.74, 6) is 0.702. The van der Waals surface area contributed by atoms with E-state index in [1.54, 1.807) is 20.8 Å². The Balaban J connectivity index is 2.44. The van der Waals surface area contributed by atoms with Crippen molar-refractivity contribution in [1.29, 1.82) is 0 Å². The van der Waals surface area contributed by atoms with Crippen LogP contribution in [0.4, 0.5) is 15.3 Å². The molecule has 0 aliphatic heterocycles. The Morgan fingerprint density at radius 1 is 0.816 bits per heavy atom. The van der Waals surface area contributed by atoms with Crippen molar-refractivity contribution in [3.63, 3.8) is 0 Å². The molecule has 38 heavy (non-hydrogen) atoms. The van der Waals surface area contributed by atoms with Crippen molar-refractivity contribution in [3.8, 4) is 5.75 Å². The van der Waals surface area contributed by atoms with Crippen molar-refractivity contribution in [2.45, 2.75) is 85.7 Å². The summed E-state index contributed by atoms with van der Waals surface area (Å²) >= 11 is 0. The van der Waals surface area contributed by atoms with Gasteiger partial charge in [-0.1, -0.05) is 42.5 Å². The monoisotopic (exact) mass is 526 g/mol. The summed E-state index contributed by atoms with van der Waals surface area (Å²) in [6.45, 7) is 17.1. The molecule has 2 aromatic rings. The van der Waals surface area contributed by atoms with Gasteiger partial charge in [0.2, 0.25) is 5.96 Å². The number of alkyl carbamates (subject to hydrolysis) is 2. The predicted molar refractivity (Wildman–Crippen MR) is 151 cm³/mol. The fourth-order valence-corrected chi connectivity index (χ4v) is 3.44. The molecule has 0 unspecified atom stereocenters. The molecule has 0 saturated heterocycles. The van der Waals surface area contributed by atoms with E-state index < -0.39 is 28.9 Å². The van der Waals surface area contributed by atoms with E-state index in [0.29, 0.717) is 23.5 Å². The predicted octanol–water partition coefficient (Wildman–Crippen LogP) is 6.34. The Hall–Kier alpha value is -3.75. The van der Waals surface area contributed by atoms with E-state index in [1.807, 2.05) is 90.1 Å². The number of aliphatic imine (C=N–C) groups is 1. The molecule has 2 aromatic carbocycles. The number of para-hydroxylation sites is 1. The summed E-state index contributed by atoms with van der Waals surface area (Å²) < 4.78 is 17.2. The van der Waals surface area contributed by atoms with Crippen molar-refractivity contribution >= 4 is 23.8 Å². The van der Waals surface area contributed by atoms with Crippen LogP contribution in [0.1, 0.15) is 73.4 Å². The van der Waals surface area contributed by atoms with Crippen molar-refractivity contribution in [2.75, 3.05) is 11.9 Å². The molecule has 0 aliphatic carbocycles. The summed E-state index contributed by atoms with van der Waals surface area (Å²) in [7, 11) is 0. The zero-order chi connectivity index (χ0) is 28.6. The fraction of sp³-hybridized carbons (Fsp3) is 0.483. The van der Waals surface area contributed by atoms with Gasteiger partial charge in [0.15, 0.2) is 0 Å². The smallest absolute Gasteiger partial charge is 0.414 e. The first-order chi connectivity index (χ1) is 17.6. The van der Waals surface area contributed by atoms with Gasteiger partial charge in [-0.2, -0.15) is 0 Å². The first kappa shape index (κ1) is 30.5. The van der Waals surface area contributed by atoms with E-state index in [1.165, 1.54) is 0 Å². The average molecular weight is 527 g/mol. The number of hydrogen-bond acceptors (Lipinski definition) is 6. The highest BCUT2D eigenvalue weighted by Gasteiger charge is 2.30. The molecule has 2 amide bonds. The topological polar surface area (TPSA) is 110 Å². The maximum Gasteiger partial charge on any atom is 0.414 e. The number of ether oxygens (including phenoxy) is 3. The van der Waals surface area contributed by atoms with Crippen LogP contribution >= 0.6 is 0 Å². The Morgan fingerprint density at radius 3 is 2.00 bits per heavy atom. The fourth-order valence-electron chi connectivity index (χ4n) is 3.44. The van der Waals surface area contributed by atoms with Gasteiger partial charge in [0.05, 0.1) is 11.2 Å². The van der Waals surface area contributed by atoms with E-state index in [-0.39, 0.29) is 12.6 Å². The molecule has 0 atom stereocenters. The zero-order valence-electron chi connectivity index (χ0n) is 24.0. The van der Waals surface area contributed by atoms with E-state index in [4.69, 9.17) is 14.2 Å². The lowest BCUT2D eigenvalue weighted by Gasteiger charge is -2.31. The molecule has 0 bridgehead atoms. The molecule has 0 aromatic heterocycles. The van der Waals surface area contributed by atoms with Crippen LogP contribution in [0.5, 0.6) is 5.75 Å². The highest BCUT2D eigenvalue weighted by molar-refractivity contribution is 6.03. The Kier molecular flexibility index (Phi) is 10.2. The van der Waals surface area contributed by atoms with Gasteiger partial charge in [0.1, 0.15) is 23.6 Å². The number of rotatable bonds is 7. The zero-order valence-corrected chi connectivity index (χ0v) is 24.0. The Labute approximate surface area is 226 Å². The number of guanidine groups is 1. The standard InChI is InChI=1S/C29H42N4O5/c1-10-30-24(32-25(34)37-27(2,3)4)31-22-18-14-17-21(23(22)36-19-20-15-12-11-13-16-20)29(8,9)33-26(35)38-28(5,6)7/h11-18H,10,19H2,1-9H3,(H,33,35)(H2,30,31,32,34). The quantitative estimate of drug-likeness (QED) is 0.287. The van der Waals surface area contributed by atoms with E-state index in [0.717, 1.165) is 5.56 Å². The third kappa shape index (κ3) is 10.3. The van der Waals surface area contributed by atoms with Gasteiger partial charge in [-0.05, 0) is 73.9 Å². The summed E-state index contributed by atoms with van der Waals surface area (Å²) in [5.41, 5.74) is 0.0587. The van der Waals surface area contributed by atoms with Crippen LogP contribution in [0.15, 0.2) is 53.5 Å². The molecule has 0 aliphatic rings. The highest BCUT2D eigenvalue weighted by atomic mass is 16.6. The van der Waals surface area contributed by atoms with Gasteiger partial charge in [-0.15, -0.1) is 0 Å². The van der Waals surface area contributed by atoms with Crippen molar-refractivity contribution in [1.82, 2.24) is 10.6 Å². The van der Waals surface area contributed by atoms with Gasteiger partial charge in [0, 0.05) is 12.1 Å². The average Bonchev–Trinajstić information content (AvgIpc) is 2.75. The number of nitrogens with zero attached hydrogens (tertiary/aromatic N) is 1. The van der Waals surface area contributed by atoms with E-state index in [9.17, 15) is 9.59 Å². The van der Waals surface area contributed by atoms with Gasteiger partial charge in [0.25, 0.3) is 0 Å². The molecule has 0 fully saturated rings. The Morgan fingerprint density at radius 2 is 1.42 bits per heavy atom. The van der Waals surface area contributed by atoms with Gasteiger partial charge < -0.3 is 24.8 Å². The van der Waals surface area contributed by atoms with Gasteiger partial charge >= 0.3 is 12.2 Å². The number of carbonyl (C=O) groups is 2. The Bertz CT molecular complexity index is 1120. The molecule has 9 nitrogen and oxygen atoms in total. The molecular formula is C29H42N4O5. The summed E-state index contributed by atoms with van der Waals surface area (Å²) in [6, 6.07) is 15.3. The van der Waals surface area contributed by atoms with Crippen LogP contribution < -0.4 is 20.7 Å². The van der Waals surface area contributed by atoms with Crippen LogP contribution in [0, 0.1) is 0 Å². The summed E-state index contributed by atoms with van der Waals surface area (Å²) in [5, 5.41) is 8.79. The maximum absolute atomic E-state index is 12.7. The van der Waals surface area contributed by atoms with E-state index >= 15 is 0 Å². The van der Waals surface area contributed by atoms with Crippen molar-refractivity contribution in [2.24, 2.45) is 4.99 Å². The molecule has 9 heteroatoms. The molecule has 208 valence electrons. The van der Waals surface area contributed by atoms with Crippen LogP contribution in [0.2, 0.25) is 0 Å². The number of hydrogen-bond donors (Lipinski definition) is 3. The minimum Gasteiger partial charge on any atom is -0.486 e. The maximum atomic E-state index is 12.7. The first-order valence-electron chi connectivity index (χ1n) is 12.7.